The molecule has 0 aliphatic carbocycles. The molecule has 1 heterocycles. The van der Waals surface area contributed by atoms with Crippen LogP contribution in [0.3, 0.4) is 0 Å². The zero-order chi connectivity index (χ0) is 19.2. The molecule has 0 radical (unpaired) electrons. The molecule has 0 aromatic carbocycles. The molecule has 152 valence electrons. The van der Waals surface area contributed by atoms with Crippen molar-refractivity contribution in [3.63, 3.8) is 0 Å². The Labute approximate surface area is 159 Å². The van der Waals surface area contributed by atoms with Crippen molar-refractivity contribution in [3.8, 4) is 0 Å². The standard InChI is InChI=1S/C21H39NO4/c1-2-3-4-5-8-11-18(23)14-16-22-17-15-20(24)19(22)12-9-6-7-10-13-21(25)26/h18-19,23H,2-17H2,1H3,(H,25,26). The number of aliphatic hydroxyl groups is 1. The Morgan fingerprint density at radius 1 is 1.08 bits per heavy atom. The Morgan fingerprint density at radius 2 is 1.77 bits per heavy atom. The fourth-order valence-electron chi connectivity index (χ4n) is 3.80. The molecule has 0 aromatic rings. The number of carbonyl (C=O) groups is 2. The highest BCUT2D eigenvalue weighted by atomic mass is 16.4. The molecule has 26 heavy (non-hydrogen) atoms. The number of hydrogen-bond donors (Lipinski definition) is 2. The van der Waals surface area contributed by atoms with Gasteiger partial charge in [0.05, 0.1) is 12.1 Å². The first kappa shape index (κ1) is 23.1. The molecule has 1 rings (SSSR count). The lowest BCUT2D eigenvalue weighted by Crippen LogP contribution is -2.35. The van der Waals surface area contributed by atoms with Crippen molar-refractivity contribution < 1.29 is 19.8 Å². The summed E-state index contributed by atoms with van der Waals surface area (Å²) in [6, 6.07) is 0.0197. The number of carboxylic acids is 1. The Hall–Kier alpha value is -0.940. The first-order valence-corrected chi connectivity index (χ1v) is 10.7. The number of Topliss-reactive ketones (excluding diaryl/α,β-unsaturated/α-hetero) is 1. The summed E-state index contributed by atoms with van der Waals surface area (Å²) in [7, 11) is 0. The van der Waals surface area contributed by atoms with Gasteiger partial charge in [-0.25, -0.2) is 0 Å². The van der Waals surface area contributed by atoms with Crippen LogP contribution in [0.2, 0.25) is 0 Å². The second-order valence-corrected chi connectivity index (χ2v) is 7.76. The maximum atomic E-state index is 12.1. The molecule has 5 heteroatoms. The predicted octanol–water partition coefficient (Wildman–Crippen LogP) is 4.17. The minimum absolute atomic E-state index is 0.0197. The number of aliphatic hydroxyl groups excluding tert-OH is 1. The van der Waals surface area contributed by atoms with Crippen molar-refractivity contribution >= 4 is 11.8 Å². The summed E-state index contributed by atoms with van der Waals surface area (Å²) in [5.74, 6) is -0.393. The number of aliphatic carboxylic acids is 1. The van der Waals surface area contributed by atoms with Crippen molar-refractivity contribution in [2.24, 2.45) is 0 Å². The quantitative estimate of drug-likeness (QED) is 0.399. The van der Waals surface area contributed by atoms with E-state index >= 15 is 0 Å². The summed E-state index contributed by atoms with van der Waals surface area (Å²) in [4.78, 5) is 24.9. The summed E-state index contributed by atoms with van der Waals surface area (Å²) in [6.07, 6.45) is 12.8. The van der Waals surface area contributed by atoms with Crippen molar-refractivity contribution in [1.82, 2.24) is 4.90 Å². The van der Waals surface area contributed by atoms with E-state index in [4.69, 9.17) is 5.11 Å². The third-order valence-electron chi connectivity index (χ3n) is 5.47. The molecule has 2 N–H and O–H groups in total. The summed E-state index contributed by atoms with van der Waals surface area (Å²) in [6.45, 7) is 3.84. The van der Waals surface area contributed by atoms with E-state index in [-0.39, 0.29) is 18.6 Å². The summed E-state index contributed by atoms with van der Waals surface area (Å²) in [5.41, 5.74) is 0. The molecule has 1 aliphatic heterocycles. The number of carbonyl (C=O) groups excluding carboxylic acids is 1. The van der Waals surface area contributed by atoms with Crippen molar-refractivity contribution in [3.05, 3.63) is 0 Å². The van der Waals surface area contributed by atoms with Crippen molar-refractivity contribution in [1.29, 1.82) is 0 Å². The minimum atomic E-state index is -0.730. The zero-order valence-electron chi connectivity index (χ0n) is 16.6. The molecule has 2 unspecified atom stereocenters. The average molecular weight is 370 g/mol. The second-order valence-electron chi connectivity index (χ2n) is 7.76. The molecular formula is C21H39NO4. The van der Waals surface area contributed by atoms with Gasteiger partial charge < -0.3 is 10.2 Å². The summed E-state index contributed by atoms with van der Waals surface area (Å²) >= 11 is 0. The van der Waals surface area contributed by atoms with E-state index in [1.165, 1.54) is 25.7 Å². The Balaban J connectivity index is 2.15. The molecule has 1 aliphatic rings. The van der Waals surface area contributed by atoms with E-state index in [0.29, 0.717) is 12.2 Å². The van der Waals surface area contributed by atoms with Crippen LogP contribution in [0.4, 0.5) is 0 Å². The van der Waals surface area contributed by atoms with E-state index < -0.39 is 5.97 Å². The lowest BCUT2D eigenvalue weighted by atomic mass is 10.0. The van der Waals surface area contributed by atoms with Gasteiger partial charge in [0, 0.05) is 25.9 Å². The lowest BCUT2D eigenvalue weighted by molar-refractivity contribution is -0.137. The average Bonchev–Trinajstić information content (AvgIpc) is 2.95. The highest BCUT2D eigenvalue weighted by Crippen LogP contribution is 2.21. The Bertz CT molecular complexity index is 399. The maximum Gasteiger partial charge on any atom is 0.303 e. The van der Waals surface area contributed by atoms with E-state index in [1.807, 2.05) is 0 Å². The SMILES string of the molecule is CCCCCCCC(O)CCN1CCC(=O)C1CCCCCCC(=O)O. The number of likely N-dealkylation sites (tertiary alicyclic amines) is 1. The van der Waals surface area contributed by atoms with Gasteiger partial charge in [0.25, 0.3) is 0 Å². The zero-order valence-corrected chi connectivity index (χ0v) is 16.6. The monoisotopic (exact) mass is 369 g/mol. The highest BCUT2D eigenvalue weighted by Gasteiger charge is 2.31. The smallest absolute Gasteiger partial charge is 0.303 e. The third-order valence-corrected chi connectivity index (χ3v) is 5.47. The number of nitrogens with zero attached hydrogens (tertiary/aromatic N) is 1. The molecule has 0 amide bonds. The van der Waals surface area contributed by atoms with Crippen LogP contribution < -0.4 is 0 Å². The lowest BCUT2D eigenvalue weighted by Gasteiger charge is -2.24. The van der Waals surface area contributed by atoms with Gasteiger partial charge in [-0.05, 0) is 25.7 Å². The normalized spacial score (nSPS) is 19.2. The first-order chi connectivity index (χ1) is 12.5. The molecule has 2 atom stereocenters. The Morgan fingerprint density at radius 3 is 2.50 bits per heavy atom. The number of carboxylic acid groups (broad SMARTS) is 1. The molecular weight excluding hydrogens is 330 g/mol. The third kappa shape index (κ3) is 10.3. The van der Waals surface area contributed by atoms with Gasteiger partial charge in [0.2, 0.25) is 0 Å². The van der Waals surface area contributed by atoms with Gasteiger partial charge >= 0.3 is 5.97 Å². The predicted molar refractivity (Wildman–Crippen MR) is 104 cm³/mol. The van der Waals surface area contributed by atoms with E-state index in [2.05, 4.69) is 11.8 Å². The van der Waals surface area contributed by atoms with Gasteiger partial charge in [-0.3, -0.25) is 14.5 Å². The van der Waals surface area contributed by atoms with E-state index in [1.54, 1.807) is 0 Å². The minimum Gasteiger partial charge on any atom is -0.481 e. The summed E-state index contributed by atoms with van der Waals surface area (Å²) < 4.78 is 0. The molecule has 0 spiro atoms. The summed E-state index contributed by atoms with van der Waals surface area (Å²) in [5, 5.41) is 18.8. The topological polar surface area (TPSA) is 77.8 Å². The second kappa shape index (κ2) is 14.2. The van der Waals surface area contributed by atoms with Crippen LogP contribution in [0.15, 0.2) is 0 Å². The maximum absolute atomic E-state index is 12.1. The number of rotatable bonds is 16. The first-order valence-electron chi connectivity index (χ1n) is 10.7. The number of unbranched alkanes of at least 4 members (excludes halogenated alkanes) is 7. The molecule has 1 saturated heterocycles. The number of hydrogen-bond acceptors (Lipinski definition) is 4. The van der Waals surface area contributed by atoms with Crippen LogP contribution in [0.5, 0.6) is 0 Å². The van der Waals surface area contributed by atoms with Crippen LogP contribution in [0, 0.1) is 0 Å². The van der Waals surface area contributed by atoms with E-state index in [9.17, 15) is 14.7 Å². The van der Waals surface area contributed by atoms with E-state index in [0.717, 1.165) is 64.5 Å². The van der Waals surface area contributed by atoms with Crippen molar-refractivity contribution in [2.45, 2.75) is 109 Å². The van der Waals surface area contributed by atoms with Gasteiger partial charge in [-0.2, -0.15) is 0 Å². The van der Waals surface area contributed by atoms with Crippen LogP contribution in [-0.2, 0) is 9.59 Å². The van der Waals surface area contributed by atoms with Crippen LogP contribution >= 0.6 is 0 Å². The van der Waals surface area contributed by atoms with Crippen LogP contribution in [-0.4, -0.2) is 52.1 Å². The van der Waals surface area contributed by atoms with Gasteiger partial charge in [0.15, 0.2) is 5.78 Å². The van der Waals surface area contributed by atoms with Gasteiger partial charge in [0.1, 0.15) is 0 Å². The number of ketones is 1. The van der Waals surface area contributed by atoms with Gasteiger partial charge in [-0.1, -0.05) is 58.3 Å². The fourth-order valence-corrected chi connectivity index (χ4v) is 3.80. The molecule has 5 nitrogen and oxygen atoms in total. The fraction of sp³-hybridized carbons (Fsp3) is 0.905. The van der Waals surface area contributed by atoms with Gasteiger partial charge in [-0.15, -0.1) is 0 Å². The molecule has 0 saturated carbocycles. The molecule has 0 bridgehead atoms. The molecule has 0 aromatic heterocycles. The van der Waals surface area contributed by atoms with Crippen molar-refractivity contribution in [2.75, 3.05) is 13.1 Å². The van der Waals surface area contributed by atoms with Crippen LogP contribution in [0.1, 0.15) is 96.8 Å². The molecule has 1 fully saturated rings. The highest BCUT2D eigenvalue weighted by molar-refractivity contribution is 5.86. The largest absolute Gasteiger partial charge is 0.481 e. The Kier molecular flexibility index (Phi) is 12.6. The van der Waals surface area contributed by atoms with Crippen LogP contribution in [0.25, 0.3) is 0 Å².